The number of hydrogen-bond acceptors (Lipinski definition) is 5. The minimum Gasteiger partial charge on any atom is -0.462 e. The first-order valence-corrected chi connectivity index (χ1v) is 10.5. The molecular formula is C21H22N2O5S. The summed E-state index contributed by atoms with van der Waals surface area (Å²) in [5.41, 5.74) is 3.05. The summed E-state index contributed by atoms with van der Waals surface area (Å²) in [7, 11) is -2.27. The van der Waals surface area contributed by atoms with Crippen molar-refractivity contribution in [3.05, 3.63) is 59.2 Å². The van der Waals surface area contributed by atoms with Gasteiger partial charge in [-0.05, 0) is 57.2 Å². The van der Waals surface area contributed by atoms with Gasteiger partial charge in [-0.1, -0.05) is 11.6 Å². The first kappa shape index (κ1) is 20.6. The van der Waals surface area contributed by atoms with E-state index in [1.165, 1.54) is 23.1 Å². The fourth-order valence-electron chi connectivity index (χ4n) is 3.19. The highest BCUT2D eigenvalue weighted by molar-refractivity contribution is 7.92. The molecule has 0 atom stereocenters. The van der Waals surface area contributed by atoms with Crippen LogP contribution in [0.3, 0.4) is 0 Å². The maximum atomic E-state index is 12.9. The van der Waals surface area contributed by atoms with Gasteiger partial charge in [0.2, 0.25) is 0 Å². The van der Waals surface area contributed by atoms with Crippen molar-refractivity contribution in [1.82, 2.24) is 0 Å². The molecule has 1 N–H and O–H groups in total. The van der Waals surface area contributed by atoms with Crippen LogP contribution in [-0.4, -0.2) is 33.9 Å². The molecule has 1 aliphatic heterocycles. The van der Waals surface area contributed by atoms with E-state index in [0.717, 1.165) is 5.57 Å². The van der Waals surface area contributed by atoms with Crippen LogP contribution in [0, 0.1) is 0 Å². The number of nitrogens with one attached hydrogen (secondary N) is 1. The van der Waals surface area contributed by atoms with Crippen molar-refractivity contribution >= 4 is 38.8 Å². The maximum Gasteiger partial charge on any atom is 0.338 e. The molecule has 3 rings (SSSR count). The molecule has 2 aromatic carbocycles. The second kappa shape index (κ2) is 7.71. The predicted molar refractivity (Wildman–Crippen MR) is 111 cm³/mol. The zero-order valence-electron chi connectivity index (χ0n) is 16.6. The number of benzene rings is 2. The first-order valence-electron chi connectivity index (χ1n) is 9.05. The monoisotopic (exact) mass is 414 g/mol. The number of anilines is 2. The number of hydrogen-bond donors (Lipinski definition) is 1. The van der Waals surface area contributed by atoms with Gasteiger partial charge in [-0.2, -0.15) is 0 Å². The van der Waals surface area contributed by atoms with Gasteiger partial charge >= 0.3 is 5.97 Å². The Hall–Kier alpha value is -3.13. The zero-order chi connectivity index (χ0) is 21.3. The standard InChI is InChI=1S/C21H22N2O5S/c1-5-28-21(25)14-7-6-8-15(11-14)22-29(26,27)16-9-10-18-17(12-16)19(13(2)3)20(24)23(18)4/h6-12,22H,5H2,1-4H3. The molecule has 29 heavy (non-hydrogen) atoms. The van der Waals surface area contributed by atoms with Crippen molar-refractivity contribution in [2.75, 3.05) is 23.3 Å². The number of allylic oxidation sites excluding steroid dienone is 1. The van der Waals surface area contributed by atoms with Crippen LogP contribution in [0.1, 0.15) is 36.7 Å². The van der Waals surface area contributed by atoms with E-state index in [9.17, 15) is 18.0 Å². The second-order valence-corrected chi connectivity index (χ2v) is 8.51. The lowest BCUT2D eigenvalue weighted by Crippen LogP contribution is -2.20. The molecule has 8 heteroatoms. The molecule has 2 aromatic rings. The Morgan fingerprint density at radius 2 is 1.86 bits per heavy atom. The Morgan fingerprint density at radius 3 is 2.52 bits per heavy atom. The molecule has 0 bridgehead atoms. The highest BCUT2D eigenvalue weighted by atomic mass is 32.2. The number of nitrogens with zero attached hydrogens (tertiary/aromatic N) is 1. The zero-order valence-corrected chi connectivity index (χ0v) is 17.5. The molecule has 1 heterocycles. The van der Waals surface area contributed by atoms with Crippen LogP contribution in [0.25, 0.3) is 5.57 Å². The lowest BCUT2D eigenvalue weighted by Gasteiger charge is -2.12. The third-order valence-electron chi connectivity index (χ3n) is 4.55. The molecule has 7 nitrogen and oxygen atoms in total. The maximum absolute atomic E-state index is 12.9. The fraction of sp³-hybridized carbons (Fsp3) is 0.238. The van der Waals surface area contributed by atoms with Gasteiger partial charge in [-0.15, -0.1) is 0 Å². The van der Waals surface area contributed by atoms with Gasteiger partial charge in [-0.25, -0.2) is 13.2 Å². The lowest BCUT2D eigenvalue weighted by molar-refractivity contribution is -0.112. The van der Waals surface area contributed by atoms with Crippen LogP contribution < -0.4 is 9.62 Å². The number of likely N-dealkylation sites (N-methyl/N-ethyl adjacent to an activating group) is 1. The minimum absolute atomic E-state index is 0.0274. The molecule has 1 aliphatic rings. The van der Waals surface area contributed by atoms with Crippen LogP contribution in [0.2, 0.25) is 0 Å². The Kier molecular flexibility index (Phi) is 5.48. The lowest BCUT2D eigenvalue weighted by atomic mass is 10.0. The van der Waals surface area contributed by atoms with Gasteiger partial charge in [0.25, 0.3) is 15.9 Å². The number of fused-ring (bicyclic) bond motifs is 1. The SMILES string of the molecule is CCOC(=O)c1cccc(NS(=O)(=O)c2ccc3c(c2)C(=C(C)C)C(=O)N3C)c1. The summed E-state index contributed by atoms with van der Waals surface area (Å²) < 4.78 is 33.2. The molecule has 0 fully saturated rings. The summed E-state index contributed by atoms with van der Waals surface area (Å²) in [6.07, 6.45) is 0. The average molecular weight is 414 g/mol. The summed E-state index contributed by atoms with van der Waals surface area (Å²) in [5, 5.41) is 0. The van der Waals surface area contributed by atoms with Crippen molar-refractivity contribution in [2.24, 2.45) is 0 Å². The Bertz CT molecular complexity index is 1130. The van der Waals surface area contributed by atoms with E-state index in [-0.39, 0.29) is 28.7 Å². The number of carbonyl (C=O) groups excluding carboxylic acids is 2. The topological polar surface area (TPSA) is 92.8 Å². The summed E-state index contributed by atoms with van der Waals surface area (Å²) in [4.78, 5) is 25.9. The highest BCUT2D eigenvalue weighted by Crippen LogP contribution is 2.38. The largest absolute Gasteiger partial charge is 0.462 e. The molecular weight excluding hydrogens is 392 g/mol. The Labute approximate surface area is 170 Å². The average Bonchev–Trinajstić information content (AvgIpc) is 2.92. The van der Waals surface area contributed by atoms with E-state index < -0.39 is 16.0 Å². The Morgan fingerprint density at radius 1 is 1.14 bits per heavy atom. The summed E-state index contributed by atoms with van der Waals surface area (Å²) in [6, 6.07) is 10.7. The fourth-order valence-corrected chi connectivity index (χ4v) is 4.26. The first-order chi connectivity index (χ1) is 13.7. The summed E-state index contributed by atoms with van der Waals surface area (Å²) >= 11 is 0. The normalized spacial score (nSPS) is 13.3. The molecule has 1 amide bonds. The molecule has 0 saturated carbocycles. The van der Waals surface area contributed by atoms with Gasteiger partial charge in [0.1, 0.15) is 0 Å². The number of esters is 1. The van der Waals surface area contributed by atoms with Crippen molar-refractivity contribution < 1.29 is 22.7 Å². The molecule has 0 aliphatic carbocycles. The van der Waals surface area contributed by atoms with E-state index in [1.54, 1.807) is 38.2 Å². The van der Waals surface area contributed by atoms with Crippen LogP contribution >= 0.6 is 0 Å². The summed E-state index contributed by atoms with van der Waals surface area (Å²) in [5.74, 6) is -0.689. The number of rotatable bonds is 5. The van der Waals surface area contributed by atoms with Gasteiger partial charge in [0.15, 0.2) is 0 Å². The smallest absolute Gasteiger partial charge is 0.338 e. The van der Waals surface area contributed by atoms with Crippen LogP contribution in [-0.2, 0) is 19.6 Å². The molecule has 0 aromatic heterocycles. The summed E-state index contributed by atoms with van der Waals surface area (Å²) in [6.45, 7) is 5.55. The van der Waals surface area contributed by atoms with Crippen molar-refractivity contribution in [2.45, 2.75) is 25.7 Å². The van der Waals surface area contributed by atoms with E-state index in [0.29, 0.717) is 16.8 Å². The number of carbonyl (C=O) groups is 2. The Balaban J connectivity index is 1.96. The van der Waals surface area contributed by atoms with E-state index in [2.05, 4.69) is 4.72 Å². The molecule has 152 valence electrons. The van der Waals surface area contributed by atoms with Crippen molar-refractivity contribution in [3.63, 3.8) is 0 Å². The minimum atomic E-state index is -3.93. The van der Waals surface area contributed by atoms with Crippen LogP contribution in [0.5, 0.6) is 0 Å². The van der Waals surface area contributed by atoms with Crippen LogP contribution in [0.4, 0.5) is 11.4 Å². The van der Waals surface area contributed by atoms with Gasteiger partial charge in [0.05, 0.1) is 22.8 Å². The third-order valence-corrected chi connectivity index (χ3v) is 5.93. The second-order valence-electron chi connectivity index (χ2n) is 6.82. The number of sulfonamides is 1. The number of ether oxygens (including phenoxy) is 1. The van der Waals surface area contributed by atoms with Crippen molar-refractivity contribution in [3.8, 4) is 0 Å². The quantitative estimate of drug-likeness (QED) is 0.598. The van der Waals surface area contributed by atoms with E-state index >= 15 is 0 Å². The number of amides is 1. The highest BCUT2D eigenvalue weighted by Gasteiger charge is 2.32. The predicted octanol–water partition coefficient (Wildman–Crippen LogP) is 3.43. The van der Waals surface area contributed by atoms with Gasteiger partial charge in [-0.3, -0.25) is 9.52 Å². The van der Waals surface area contributed by atoms with Gasteiger partial charge < -0.3 is 9.64 Å². The van der Waals surface area contributed by atoms with Crippen LogP contribution in [0.15, 0.2) is 52.9 Å². The van der Waals surface area contributed by atoms with Gasteiger partial charge in [0, 0.05) is 23.9 Å². The molecule has 0 saturated heterocycles. The third kappa shape index (κ3) is 3.88. The van der Waals surface area contributed by atoms with Crippen molar-refractivity contribution in [1.29, 1.82) is 0 Å². The van der Waals surface area contributed by atoms with E-state index in [1.807, 2.05) is 13.8 Å². The molecule has 0 unspecified atom stereocenters. The molecule has 0 radical (unpaired) electrons. The molecule has 0 spiro atoms. The van der Waals surface area contributed by atoms with E-state index in [4.69, 9.17) is 4.74 Å².